The monoisotopic (exact) mass is 213 g/mol. The molecule has 3 heteroatoms. The third-order valence-corrected chi connectivity index (χ3v) is 2.49. The summed E-state index contributed by atoms with van der Waals surface area (Å²) in [7, 11) is 0. The first-order chi connectivity index (χ1) is 6.79. The van der Waals surface area contributed by atoms with E-state index in [9.17, 15) is 0 Å². The zero-order chi connectivity index (χ0) is 10.4. The lowest BCUT2D eigenvalue weighted by molar-refractivity contribution is 0.266. The van der Waals surface area contributed by atoms with E-state index < -0.39 is 0 Å². The highest BCUT2D eigenvalue weighted by Crippen LogP contribution is 2.24. The zero-order valence-electron chi connectivity index (χ0n) is 8.33. The molecule has 0 fully saturated rings. The van der Waals surface area contributed by atoms with E-state index in [-0.39, 0.29) is 12.6 Å². The van der Waals surface area contributed by atoms with Gasteiger partial charge in [-0.05, 0) is 24.6 Å². The highest BCUT2D eigenvalue weighted by atomic mass is 35.5. The molecule has 0 aliphatic heterocycles. The third-order valence-electron chi connectivity index (χ3n) is 2.15. The van der Waals surface area contributed by atoms with Crippen LogP contribution in [0.5, 0.6) is 0 Å². The van der Waals surface area contributed by atoms with E-state index in [1.807, 2.05) is 31.2 Å². The van der Waals surface area contributed by atoms with Crippen molar-refractivity contribution in [3.63, 3.8) is 0 Å². The summed E-state index contributed by atoms with van der Waals surface area (Å²) in [5, 5.41) is 13.0. The Labute approximate surface area is 89.9 Å². The fourth-order valence-electron chi connectivity index (χ4n) is 1.50. The van der Waals surface area contributed by atoms with Gasteiger partial charge in [0.1, 0.15) is 0 Å². The zero-order valence-corrected chi connectivity index (χ0v) is 9.09. The average Bonchev–Trinajstić information content (AvgIpc) is 2.18. The van der Waals surface area contributed by atoms with E-state index in [2.05, 4.69) is 5.32 Å². The van der Waals surface area contributed by atoms with E-state index in [0.717, 1.165) is 17.1 Å². The quantitative estimate of drug-likeness (QED) is 0.787. The SMILES string of the molecule is CCNC(CCO)c1ccccc1Cl. The molecule has 14 heavy (non-hydrogen) atoms. The van der Waals surface area contributed by atoms with Crippen molar-refractivity contribution in [2.24, 2.45) is 0 Å². The molecule has 0 saturated heterocycles. The molecule has 0 radical (unpaired) electrons. The van der Waals surface area contributed by atoms with Gasteiger partial charge in [0.25, 0.3) is 0 Å². The van der Waals surface area contributed by atoms with Gasteiger partial charge in [-0.2, -0.15) is 0 Å². The number of nitrogens with one attached hydrogen (secondary N) is 1. The minimum Gasteiger partial charge on any atom is -0.396 e. The smallest absolute Gasteiger partial charge is 0.0453 e. The maximum absolute atomic E-state index is 8.93. The van der Waals surface area contributed by atoms with Crippen LogP contribution in [0, 0.1) is 0 Å². The van der Waals surface area contributed by atoms with Crippen LogP contribution in [-0.2, 0) is 0 Å². The van der Waals surface area contributed by atoms with Crippen LogP contribution in [0.2, 0.25) is 5.02 Å². The predicted octanol–water partition coefficient (Wildman–Crippen LogP) is 2.37. The maximum atomic E-state index is 8.93. The Hall–Kier alpha value is -0.570. The molecule has 0 bridgehead atoms. The van der Waals surface area contributed by atoms with Crippen molar-refractivity contribution in [1.82, 2.24) is 5.32 Å². The minimum absolute atomic E-state index is 0.152. The van der Waals surface area contributed by atoms with Gasteiger partial charge in [-0.1, -0.05) is 36.7 Å². The largest absolute Gasteiger partial charge is 0.396 e. The second-order valence-corrected chi connectivity index (χ2v) is 3.55. The van der Waals surface area contributed by atoms with Crippen molar-refractivity contribution in [3.05, 3.63) is 34.9 Å². The predicted molar refractivity (Wildman–Crippen MR) is 59.6 cm³/mol. The summed E-state index contributed by atoms with van der Waals surface area (Å²) >= 11 is 6.07. The third kappa shape index (κ3) is 2.98. The van der Waals surface area contributed by atoms with Gasteiger partial charge < -0.3 is 10.4 Å². The fourth-order valence-corrected chi connectivity index (χ4v) is 1.77. The van der Waals surface area contributed by atoms with Gasteiger partial charge in [0.05, 0.1) is 0 Å². The molecular weight excluding hydrogens is 198 g/mol. The molecule has 1 aromatic rings. The topological polar surface area (TPSA) is 32.3 Å². The number of benzene rings is 1. The Morgan fingerprint density at radius 3 is 2.71 bits per heavy atom. The summed E-state index contributed by atoms with van der Waals surface area (Å²) in [6, 6.07) is 7.89. The summed E-state index contributed by atoms with van der Waals surface area (Å²) in [6.07, 6.45) is 0.692. The van der Waals surface area contributed by atoms with Gasteiger partial charge in [-0.3, -0.25) is 0 Å². The molecule has 0 aromatic heterocycles. The molecule has 2 N–H and O–H groups in total. The number of rotatable bonds is 5. The van der Waals surface area contributed by atoms with E-state index >= 15 is 0 Å². The van der Waals surface area contributed by atoms with E-state index in [0.29, 0.717) is 6.42 Å². The Kier molecular flexibility index (Phi) is 4.94. The number of hydrogen-bond acceptors (Lipinski definition) is 2. The molecule has 1 atom stereocenters. The van der Waals surface area contributed by atoms with Gasteiger partial charge in [0.15, 0.2) is 0 Å². The second kappa shape index (κ2) is 6.02. The van der Waals surface area contributed by atoms with Crippen LogP contribution >= 0.6 is 11.6 Å². The number of aliphatic hydroxyl groups excluding tert-OH is 1. The molecule has 0 aliphatic carbocycles. The first-order valence-electron chi connectivity index (χ1n) is 4.88. The summed E-state index contributed by atoms with van der Waals surface area (Å²) < 4.78 is 0. The molecule has 0 saturated carbocycles. The molecule has 1 rings (SSSR count). The van der Waals surface area contributed by atoms with Gasteiger partial charge in [-0.15, -0.1) is 0 Å². The van der Waals surface area contributed by atoms with Crippen LogP contribution in [0.25, 0.3) is 0 Å². The molecule has 1 unspecified atom stereocenters. The molecule has 2 nitrogen and oxygen atoms in total. The van der Waals surface area contributed by atoms with Gasteiger partial charge in [0.2, 0.25) is 0 Å². The Morgan fingerprint density at radius 1 is 1.43 bits per heavy atom. The van der Waals surface area contributed by atoms with Crippen molar-refractivity contribution >= 4 is 11.6 Å². The lowest BCUT2D eigenvalue weighted by atomic mass is 10.0. The number of hydrogen-bond donors (Lipinski definition) is 2. The van der Waals surface area contributed by atoms with Crippen molar-refractivity contribution in [1.29, 1.82) is 0 Å². The number of halogens is 1. The Bertz CT molecular complexity index is 272. The van der Waals surface area contributed by atoms with E-state index in [1.165, 1.54) is 0 Å². The Morgan fingerprint density at radius 2 is 2.14 bits per heavy atom. The first-order valence-corrected chi connectivity index (χ1v) is 5.26. The fraction of sp³-hybridized carbons (Fsp3) is 0.455. The standard InChI is InChI=1S/C11H16ClNO/c1-2-13-11(7-8-14)9-5-3-4-6-10(9)12/h3-6,11,13-14H,2,7-8H2,1H3. The highest BCUT2D eigenvalue weighted by molar-refractivity contribution is 6.31. The Balaban J connectivity index is 2.81. The minimum atomic E-state index is 0.152. The number of aliphatic hydroxyl groups is 1. The lowest BCUT2D eigenvalue weighted by Crippen LogP contribution is -2.22. The molecule has 78 valence electrons. The molecule has 0 heterocycles. The maximum Gasteiger partial charge on any atom is 0.0453 e. The van der Waals surface area contributed by atoms with Crippen LogP contribution < -0.4 is 5.32 Å². The molecule has 0 amide bonds. The summed E-state index contributed by atoms with van der Waals surface area (Å²) in [4.78, 5) is 0. The van der Waals surface area contributed by atoms with E-state index in [4.69, 9.17) is 16.7 Å². The van der Waals surface area contributed by atoms with Gasteiger partial charge in [-0.25, -0.2) is 0 Å². The normalized spacial score (nSPS) is 12.8. The van der Waals surface area contributed by atoms with Crippen LogP contribution in [0.3, 0.4) is 0 Å². The summed E-state index contributed by atoms with van der Waals surface area (Å²) in [5.74, 6) is 0. The summed E-state index contributed by atoms with van der Waals surface area (Å²) in [6.45, 7) is 3.08. The van der Waals surface area contributed by atoms with Crippen molar-refractivity contribution < 1.29 is 5.11 Å². The average molecular weight is 214 g/mol. The van der Waals surface area contributed by atoms with Crippen LogP contribution in [-0.4, -0.2) is 18.3 Å². The van der Waals surface area contributed by atoms with Crippen molar-refractivity contribution in [2.45, 2.75) is 19.4 Å². The van der Waals surface area contributed by atoms with Crippen molar-refractivity contribution in [2.75, 3.05) is 13.2 Å². The first kappa shape index (κ1) is 11.5. The lowest BCUT2D eigenvalue weighted by Gasteiger charge is -2.18. The van der Waals surface area contributed by atoms with Gasteiger partial charge in [0, 0.05) is 17.7 Å². The molecule has 1 aromatic carbocycles. The second-order valence-electron chi connectivity index (χ2n) is 3.14. The van der Waals surface area contributed by atoms with Gasteiger partial charge >= 0.3 is 0 Å². The van der Waals surface area contributed by atoms with E-state index in [1.54, 1.807) is 0 Å². The summed E-state index contributed by atoms with van der Waals surface area (Å²) in [5.41, 5.74) is 1.06. The van der Waals surface area contributed by atoms with Crippen LogP contribution in [0.15, 0.2) is 24.3 Å². The van der Waals surface area contributed by atoms with Crippen molar-refractivity contribution in [3.8, 4) is 0 Å². The molecular formula is C11H16ClNO. The highest BCUT2D eigenvalue weighted by Gasteiger charge is 2.11. The van der Waals surface area contributed by atoms with Crippen LogP contribution in [0.4, 0.5) is 0 Å². The molecule has 0 aliphatic rings. The molecule has 0 spiro atoms. The van der Waals surface area contributed by atoms with Crippen LogP contribution in [0.1, 0.15) is 24.9 Å².